The van der Waals surface area contributed by atoms with Gasteiger partial charge in [-0.25, -0.2) is 0 Å². The number of rotatable bonds is 11. The van der Waals surface area contributed by atoms with Gasteiger partial charge in [0.05, 0.1) is 18.6 Å². The van der Waals surface area contributed by atoms with Crippen LogP contribution in [0.4, 0.5) is 0 Å². The highest BCUT2D eigenvalue weighted by Crippen LogP contribution is 2.52. The molecule has 3 aromatic rings. The first kappa shape index (κ1) is 29.2. The molecule has 39 heavy (non-hydrogen) atoms. The quantitative estimate of drug-likeness (QED) is 0.188. The highest BCUT2D eigenvalue weighted by Gasteiger charge is 2.50. The Morgan fingerprint density at radius 3 is 2.44 bits per heavy atom. The lowest BCUT2D eigenvalue weighted by Gasteiger charge is -2.51. The van der Waals surface area contributed by atoms with Crippen molar-refractivity contribution >= 4 is 29.1 Å². The van der Waals surface area contributed by atoms with Crippen molar-refractivity contribution < 1.29 is 9.53 Å². The number of methoxy groups -OCH3 is 1. The maximum absolute atomic E-state index is 14.3. The van der Waals surface area contributed by atoms with Crippen LogP contribution < -0.4 is 10.1 Å². The molecule has 6 heteroatoms. The summed E-state index contributed by atoms with van der Waals surface area (Å²) in [6.45, 7) is 9.75. The molecule has 206 valence electrons. The number of halogens is 2. The SMILES string of the molecule is C=CC[C@@]1(C)C[C@H](c2cccc(Cl)c2)[C@@H](c2ccc(Cl)cc2)N([C@@H](C)CCNCc2ccc(OC)cc2)C1=O. The molecule has 0 unspecified atom stereocenters. The summed E-state index contributed by atoms with van der Waals surface area (Å²) in [5.74, 6) is 1.09. The van der Waals surface area contributed by atoms with Gasteiger partial charge in [0.25, 0.3) is 0 Å². The second-order valence-corrected chi connectivity index (χ2v) is 11.7. The number of ether oxygens (including phenoxy) is 1. The molecule has 0 aromatic heterocycles. The Hall–Kier alpha value is -2.79. The molecule has 0 bridgehead atoms. The number of carbonyl (C=O) groups excluding carboxylic acids is 1. The average Bonchev–Trinajstić information content (AvgIpc) is 2.93. The zero-order valence-corrected chi connectivity index (χ0v) is 24.5. The normalized spacial score (nSPS) is 22.0. The molecule has 4 rings (SSSR count). The van der Waals surface area contributed by atoms with Crippen LogP contribution in [0.2, 0.25) is 10.0 Å². The largest absolute Gasteiger partial charge is 0.497 e. The number of benzene rings is 3. The summed E-state index contributed by atoms with van der Waals surface area (Å²) in [7, 11) is 1.67. The lowest BCUT2D eigenvalue weighted by Crippen LogP contribution is -2.55. The van der Waals surface area contributed by atoms with E-state index in [4.69, 9.17) is 27.9 Å². The van der Waals surface area contributed by atoms with E-state index in [-0.39, 0.29) is 23.9 Å². The van der Waals surface area contributed by atoms with Gasteiger partial charge < -0.3 is 15.0 Å². The molecular formula is C33H38Cl2N2O2. The highest BCUT2D eigenvalue weighted by molar-refractivity contribution is 6.30. The van der Waals surface area contributed by atoms with Gasteiger partial charge in [0.2, 0.25) is 5.91 Å². The van der Waals surface area contributed by atoms with E-state index in [0.717, 1.165) is 36.4 Å². The number of nitrogens with one attached hydrogen (secondary N) is 1. The minimum atomic E-state index is -0.553. The van der Waals surface area contributed by atoms with Gasteiger partial charge >= 0.3 is 0 Å². The third-order valence-electron chi connectivity index (χ3n) is 7.89. The van der Waals surface area contributed by atoms with Gasteiger partial charge in [0.1, 0.15) is 5.75 Å². The number of nitrogens with zero attached hydrogens (tertiary/aromatic N) is 1. The summed E-state index contributed by atoms with van der Waals surface area (Å²) in [4.78, 5) is 16.4. The molecule has 3 aromatic carbocycles. The molecule has 1 amide bonds. The molecule has 4 atom stereocenters. The van der Waals surface area contributed by atoms with Crippen LogP contribution in [0.3, 0.4) is 0 Å². The minimum absolute atomic E-state index is 0.00710. The fraction of sp³-hybridized carbons (Fsp3) is 0.364. The summed E-state index contributed by atoms with van der Waals surface area (Å²) < 4.78 is 5.26. The Labute approximate surface area is 243 Å². The molecule has 1 saturated heterocycles. The van der Waals surface area contributed by atoms with Crippen molar-refractivity contribution in [2.45, 2.75) is 57.7 Å². The Balaban J connectivity index is 1.62. The molecule has 1 aliphatic heterocycles. The van der Waals surface area contributed by atoms with Gasteiger partial charge in [-0.15, -0.1) is 6.58 Å². The highest BCUT2D eigenvalue weighted by atomic mass is 35.5. The maximum Gasteiger partial charge on any atom is 0.229 e. The van der Waals surface area contributed by atoms with Gasteiger partial charge in [-0.05, 0) is 85.8 Å². The topological polar surface area (TPSA) is 41.6 Å². The number of hydrogen-bond acceptors (Lipinski definition) is 3. The van der Waals surface area contributed by atoms with E-state index in [2.05, 4.69) is 61.0 Å². The van der Waals surface area contributed by atoms with Crippen molar-refractivity contribution in [3.05, 3.63) is 112 Å². The predicted octanol–water partition coefficient (Wildman–Crippen LogP) is 8.21. The van der Waals surface area contributed by atoms with Crippen LogP contribution >= 0.6 is 23.2 Å². The summed E-state index contributed by atoms with van der Waals surface area (Å²) in [6.07, 6.45) is 4.02. The van der Waals surface area contributed by atoms with E-state index >= 15 is 0 Å². The Morgan fingerprint density at radius 2 is 1.79 bits per heavy atom. The standard InChI is InChI=1S/C33H38Cl2N2O2/c1-5-18-33(3)21-30(26-7-6-8-28(35)20-26)31(25-11-13-27(34)14-12-25)37(32(33)38)23(2)17-19-36-22-24-9-15-29(39-4)16-10-24/h5-16,20,23,30-31,36H,1,17-19,21-22H2,2-4H3/t23-,30+,31+,33-/m0/s1. The first-order valence-corrected chi connectivity index (χ1v) is 14.3. The molecule has 0 spiro atoms. The van der Waals surface area contributed by atoms with E-state index in [9.17, 15) is 4.79 Å². The first-order chi connectivity index (χ1) is 18.8. The van der Waals surface area contributed by atoms with Crippen LogP contribution in [0.1, 0.15) is 61.8 Å². The van der Waals surface area contributed by atoms with Crippen molar-refractivity contribution in [2.75, 3.05) is 13.7 Å². The monoisotopic (exact) mass is 564 g/mol. The van der Waals surface area contributed by atoms with Crippen molar-refractivity contribution in [1.29, 1.82) is 0 Å². The van der Waals surface area contributed by atoms with Gasteiger partial charge in [-0.1, -0.05) is 72.6 Å². The fourth-order valence-electron chi connectivity index (χ4n) is 5.80. The zero-order valence-electron chi connectivity index (χ0n) is 23.0. The van der Waals surface area contributed by atoms with Crippen LogP contribution in [-0.2, 0) is 11.3 Å². The van der Waals surface area contributed by atoms with E-state index in [1.165, 1.54) is 5.56 Å². The first-order valence-electron chi connectivity index (χ1n) is 13.5. The van der Waals surface area contributed by atoms with E-state index in [1.54, 1.807) is 7.11 Å². The van der Waals surface area contributed by atoms with E-state index in [0.29, 0.717) is 22.9 Å². The number of carbonyl (C=O) groups is 1. The summed E-state index contributed by atoms with van der Waals surface area (Å²) in [5, 5.41) is 4.93. The second-order valence-electron chi connectivity index (χ2n) is 10.8. The molecule has 0 radical (unpaired) electrons. The van der Waals surface area contributed by atoms with Crippen molar-refractivity contribution in [2.24, 2.45) is 5.41 Å². The van der Waals surface area contributed by atoms with Crippen molar-refractivity contribution in [1.82, 2.24) is 10.2 Å². The molecule has 1 N–H and O–H groups in total. The molecule has 1 heterocycles. The summed E-state index contributed by atoms with van der Waals surface area (Å²) >= 11 is 12.7. The Kier molecular flexibility index (Phi) is 9.76. The molecule has 0 saturated carbocycles. The molecule has 1 aliphatic rings. The maximum atomic E-state index is 14.3. The van der Waals surface area contributed by atoms with Crippen LogP contribution in [0.5, 0.6) is 5.75 Å². The number of allylic oxidation sites excluding steroid dienone is 1. The Bertz CT molecular complexity index is 1260. The predicted molar refractivity (Wildman–Crippen MR) is 162 cm³/mol. The number of hydrogen-bond donors (Lipinski definition) is 1. The third kappa shape index (κ3) is 6.87. The van der Waals surface area contributed by atoms with Gasteiger partial charge in [-0.2, -0.15) is 0 Å². The number of amides is 1. The Morgan fingerprint density at radius 1 is 1.08 bits per heavy atom. The molecular weight excluding hydrogens is 527 g/mol. The molecule has 1 fully saturated rings. The van der Waals surface area contributed by atoms with Crippen molar-refractivity contribution in [3.63, 3.8) is 0 Å². The second kappa shape index (κ2) is 13.0. The van der Waals surface area contributed by atoms with Gasteiger partial charge in [-0.3, -0.25) is 4.79 Å². The smallest absolute Gasteiger partial charge is 0.229 e. The number of likely N-dealkylation sites (tertiary alicyclic amines) is 1. The zero-order chi connectivity index (χ0) is 28.0. The lowest BCUT2D eigenvalue weighted by atomic mass is 9.67. The summed E-state index contributed by atoms with van der Waals surface area (Å²) in [6, 6.07) is 23.9. The van der Waals surface area contributed by atoms with Crippen LogP contribution in [0.15, 0.2) is 85.5 Å². The summed E-state index contributed by atoms with van der Waals surface area (Å²) in [5.41, 5.74) is 2.86. The minimum Gasteiger partial charge on any atom is -0.497 e. The van der Waals surface area contributed by atoms with Gasteiger partial charge in [0.15, 0.2) is 0 Å². The lowest BCUT2D eigenvalue weighted by molar-refractivity contribution is -0.154. The van der Waals surface area contributed by atoms with E-state index < -0.39 is 5.41 Å². The van der Waals surface area contributed by atoms with Crippen LogP contribution in [0.25, 0.3) is 0 Å². The molecule has 0 aliphatic carbocycles. The molecule has 4 nitrogen and oxygen atoms in total. The van der Waals surface area contributed by atoms with Crippen LogP contribution in [-0.4, -0.2) is 30.5 Å². The number of piperidine rings is 1. The van der Waals surface area contributed by atoms with E-state index in [1.807, 2.05) is 48.5 Å². The van der Waals surface area contributed by atoms with Crippen molar-refractivity contribution in [3.8, 4) is 5.75 Å². The van der Waals surface area contributed by atoms with Gasteiger partial charge in [0, 0.05) is 28.5 Å². The average molecular weight is 566 g/mol. The van der Waals surface area contributed by atoms with Crippen LogP contribution in [0, 0.1) is 5.41 Å². The third-order valence-corrected chi connectivity index (χ3v) is 8.37. The fourth-order valence-corrected chi connectivity index (χ4v) is 6.12.